The summed E-state index contributed by atoms with van der Waals surface area (Å²) in [6.45, 7) is 3.22. The fourth-order valence-electron chi connectivity index (χ4n) is 1.80. The number of hydrogen-bond donors (Lipinski definition) is 3. The monoisotopic (exact) mass is 259 g/mol. The van der Waals surface area contributed by atoms with E-state index in [4.69, 9.17) is 5.73 Å². The molecule has 0 spiro atoms. The van der Waals surface area contributed by atoms with Crippen LogP contribution in [0, 0.1) is 5.92 Å². The number of nitrogens with two attached hydrogens (primary N) is 1. The Labute approximate surface area is 101 Å². The Kier molecular flexibility index (Phi) is 3.25. The van der Waals surface area contributed by atoms with Crippen molar-refractivity contribution in [2.24, 2.45) is 5.92 Å². The number of hydrogen-bond acceptors (Lipinski definition) is 4. The summed E-state index contributed by atoms with van der Waals surface area (Å²) < 4.78 is 27.9. The molecule has 17 heavy (non-hydrogen) atoms. The number of nitrogen functional groups attached to an aromatic ring is 1. The highest BCUT2D eigenvalue weighted by Gasteiger charge is 2.27. The number of aromatic amines is 1. The zero-order valence-electron chi connectivity index (χ0n) is 9.68. The number of nitrogens with zero attached hydrogens (tertiary/aromatic N) is 2. The minimum Gasteiger partial charge on any atom is -0.394 e. The summed E-state index contributed by atoms with van der Waals surface area (Å²) in [4.78, 5) is 0. The predicted molar refractivity (Wildman–Crippen MR) is 65.5 cm³/mol. The smallest absolute Gasteiger partial charge is 0.302 e. The van der Waals surface area contributed by atoms with Crippen LogP contribution < -0.4 is 10.5 Å². The van der Waals surface area contributed by atoms with E-state index in [1.54, 1.807) is 0 Å². The van der Waals surface area contributed by atoms with Crippen LogP contribution in [-0.2, 0) is 10.2 Å². The second-order valence-electron chi connectivity index (χ2n) is 4.39. The average molecular weight is 259 g/mol. The maximum atomic E-state index is 12.0. The van der Waals surface area contributed by atoms with Crippen LogP contribution in [-0.4, -0.2) is 36.0 Å². The van der Waals surface area contributed by atoms with Crippen molar-refractivity contribution in [2.75, 3.05) is 23.5 Å². The highest BCUT2D eigenvalue weighted by atomic mass is 32.2. The van der Waals surface area contributed by atoms with Gasteiger partial charge in [0.2, 0.25) is 0 Å². The van der Waals surface area contributed by atoms with E-state index in [2.05, 4.69) is 21.8 Å². The Morgan fingerprint density at radius 2 is 2.18 bits per heavy atom. The molecule has 8 heteroatoms. The molecule has 7 nitrogen and oxygen atoms in total. The van der Waals surface area contributed by atoms with Crippen molar-refractivity contribution in [3.63, 3.8) is 0 Å². The van der Waals surface area contributed by atoms with Gasteiger partial charge in [0, 0.05) is 13.1 Å². The summed E-state index contributed by atoms with van der Waals surface area (Å²) in [5, 5.41) is 6.19. The van der Waals surface area contributed by atoms with Crippen LogP contribution in [0.25, 0.3) is 0 Å². The van der Waals surface area contributed by atoms with Gasteiger partial charge >= 0.3 is 10.2 Å². The minimum atomic E-state index is -3.52. The molecule has 0 aromatic carbocycles. The van der Waals surface area contributed by atoms with E-state index in [0.29, 0.717) is 24.7 Å². The average Bonchev–Trinajstić information content (AvgIpc) is 2.64. The van der Waals surface area contributed by atoms with Gasteiger partial charge in [-0.2, -0.15) is 17.8 Å². The molecule has 0 atom stereocenters. The molecule has 0 saturated carbocycles. The van der Waals surface area contributed by atoms with Gasteiger partial charge in [0.1, 0.15) is 0 Å². The van der Waals surface area contributed by atoms with Gasteiger partial charge in [0.15, 0.2) is 5.82 Å². The summed E-state index contributed by atoms with van der Waals surface area (Å²) in [5.41, 5.74) is 5.85. The Morgan fingerprint density at radius 3 is 2.71 bits per heavy atom. The Bertz CT molecular complexity index is 475. The lowest BCUT2D eigenvalue weighted by Gasteiger charge is -2.29. The van der Waals surface area contributed by atoms with E-state index >= 15 is 0 Å². The number of rotatable bonds is 3. The molecule has 1 aromatic heterocycles. The number of H-pyrrole nitrogens is 1. The number of piperidine rings is 1. The summed E-state index contributed by atoms with van der Waals surface area (Å²) >= 11 is 0. The van der Waals surface area contributed by atoms with Crippen LogP contribution in [0.4, 0.5) is 11.5 Å². The fourth-order valence-corrected chi connectivity index (χ4v) is 3.04. The molecule has 0 amide bonds. The fraction of sp³-hybridized carbons (Fsp3) is 0.667. The summed E-state index contributed by atoms with van der Waals surface area (Å²) in [7, 11) is -3.52. The zero-order valence-corrected chi connectivity index (χ0v) is 10.5. The third kappa shape index (κ3) is 2.70. The minimum absolute atomic E-state index is 0.226. The standard InChI is InChI=1S/C9H17N5O2S/c1-7-2-4-14(5-3-7)17(15,16)13-9-8(10)6-11-12-9/h6-7H,2-5,10H2,1H3,(H2,11,12,13). The lowest BCUT2D eigenvalue weighted by Crippen LogP contribution is -2.41. The van der Waals surface area contributed by atoms with Gasteiger partial charge in [-0.25, -0.2) is 0 Å². The van der Waals surface area contributed by atoms with Crippen LogP contribution >= 0.6 is 0 Å². The maximum Gasteiger partial charge on any atom is 0.302 e. The number of aromatic nitrogens is 2. The van der Waals surface area contributed by atoms with Crippen molar-refractivity contribution in [3.05, 3.63) is 6.20 Å². The van der Waals surface area contributed by atoms with E-state index < -0.39 is 10.2 Å². The Balaban J connectivity index is 2.07. The van der Waals surface area contributed by atoms with Crippen LogP contribution in [0.3, 0.4) is 0 Å². The van der Waals surface area contributed by atoms with Crippen molar-refractivity contribution < 1.29 is 8.42 Å². The predicted octanol–water partition coefficient (Wildman–Crippen LogP) is 0.380. The van der Waals surface area contributed by atoms with Crippen LogP contribution in [0.5, 0.6) is 0 Å². The van der Waals surface area contributed by atoms with Crippen LogP contribution in [0.15, 0.2) is 6.20 Å². The van der Waals surface area contributed by atoms with E-state index in [9.17, 15) is 8.42 Å². The quantitative estimate of drug-likeness (QED) is 0.730. The summed E-state index contributed by atoms with van der Waals surface area (Å²) in [6.07, 6.45) is 3.15. The van der Waals surface area contributed by atoms with Crippen molar-refractivity contribution >= 4 is 21.7 Å². The van der Waals surface area contributed by atoms with Crippen LogP contribution in [0.1, 0.15) is 19.8 Å². The van der Waals surface area contributed by atoms with Gasteiger partial charge in [-0.1, -0.05) is 6.92 Å². The van der Waals surface area contributed by atoms with E-state index in [1.807, 2.05) is 0 Å². The molecular weight excluding hydrogens is 242 g/mol. The first-order chi connectivity index (χ1) is 7.99. The van der Waals surface area contributed by atoms with Gasteiger partial charge in [0.05, 0.1) is 11.9 Å². The largest absolute Gasteiger partial charge is 0.394 e. The third-order valence-electron chi connectivity index (χ3n) is 2.98. The molecule has 4 N–H and O–H groups in total. The van der Waals surface area contributed by atoms with Gasteiger partial charge < -0.3 is 5.73 Å². The molecule has 1 saturated heterocycles. The van der Waals surface area contributed by atoms with Gasteiger partial charge in [-0.15, -0.1) is 0 Å². The lowest BCUT2D eigenvalue weighted by molar-refractivity contribution is 0.289. The number of nitrogens with one attached hydrogen (secondary N) is 2. The van der Waals surface area contributed by atoms with E-state index in [1.165, 1.54) is 10.5 Å². The molecule has 1 fully saturated rings. The first-order valence-corrected chi connectivity index (χ1v) is 7.00. The van der Waals surface area contributed by atoms with E-state index in [-0.39, 0.29) is 5.82 Å². The Morgan fingerprint density at radius 1 is 1.53 bits per heavy atom. The summed E-state index contributed by atoms with van der Waals surface area (Å²) in [5.74, 6) is 0.808. The number of anilines is 2. The highest BCUT2D eigenvalue weighted by molar-refractivity contribution is 7.90. The SMILES string of the molecule is CC1CCN(S(=O)(=O)Nc2[nH]ncc2N)CC1. The molecule has 2 heterocycles. The van der Waals surface area contributed by atoms with Crippen molar-refractivity contribution in [1.29, 1.82) is 0 Å². The van der Waals surface area contributed by atoms with Gasteiger partial charge in [-0.05, 0) is 18.8 Å². The first kappa shape index (κ1) is 12.2. The molecule has 0 bridgehead atoms. The lowest BCUT2D eigenvalue weighted by atomic mass is 10.0. The second kappa shape index (κ2) is 4.53. The zero-order chi connectivity index (χ0) is 12.5. The molecule has 2 rings (SSSR count). The summed E-state index contributed by atoms with van der Waals surface area (Å²) in [6, 6.07) is 0. The van der Waals surface area contributed by atoms with Crippen molar-refractivity contribution in [3.8, 4) is 0 Å². The third-order valence-corrected chi connectivity index (χ3v) is 4.49. The molecule has 1 aromatic rings. The Hall–Kier alpha value is -1.28. The van der Waals surface area contributed by atoms with Crippen molar-refractivity contribution in [2.45, 2.75) is 19.8 Å². The molecule has 0 aliphatic carbocycles. The molecule has 1 aliphatic rings. The topological polar surface area (TPSA) is 104 Å². The molecule has 0 unspecified atom stereocenters. The van der Waals surface area contributed by atoms with Gasteiger partial charge in [0.25, 0.3) is 0 Å². The first-order valence-electron chi connectivity index (χ1n) is 5.56. The maximum absolute atomic E-state index is 12.0. The molecular formula is C9H17N5O2S. The van der Waals surface area contributed by atoms with Crippen LogP contribution in [0.2, 0.25) is 0 Å². The van der Waals surface area contributed by atoms with E-state index in [0.717, 1.165) is 12.8 Å². The highest BCUT2D eigenvalue weighted by Crippen LogP contribution is 2.21. The molecule has 0 radical (unpaired) electrons. The van der Waals surface area contributed by atoms with Gasteiger partial charge in [-0.3, -0.25) is 9.82 Å². The normalized spacial score (nSPS) is 19.4. The molecule has 96 valence electrons. The molecule has 1 aliphatic heterocycles. The second-order valence-corrected chi connectivity index (χ2v) is 6.06. The van der Waals surface area contributed by atoms with Crippen molar-refractivity contribution in [1.82, 2.24) is 14.5 Å².